The highest BCUT2D eigenvalue weighted by molar-refractivity contribution is 6.30. The quantitative estimate of drug-likeness (QED) is 0.786. The summed E-state index contributed by atoms with van der Waals surface area (Å²) in [7, 11) is 0. The number of carbonyl (C=O) groups excluding carboxylic acids is 1. The van der Waals surface area contributed by atoms with Crippen molar-refractivity contribution in [3.8, 4) is 5.69 Å². The van der Waals surface area contributed by atoms with E-state index < -0.39 is 5.82 Å². The van der Waals surface area contributed by atoms with Gasteiger partial charge in [0.05, 0.1) is 11.9 Å². The van der Waals surface area contributed by atoms with E-state index in [0.29, 0.717) is 5.69 Å². The Hall–Kier alpha value is -2.03. The smallest absolute Gasteiger partial charge is 0.275 e. The van der Waals surface area contributed by atoms with Crippen molar-refractivity contribution in [2.75, 3.05) is 0 Å². The highest BCUT2D eigenvalue weighted by Crippen LogP contribution is 2.19. The van der Waals surface area contributed by atoms with Gasteiger partial charge in [-0.1, -0.05) is 16.8 Å². The van der Waals surface area contributed by atoms with Crippen LogP contribution < -0.4 is 16.2 Å². The van der Waals surface area contributed by atoms with Crippen LogP contribution in [0.1, 0.15) is 29.5 Å². The van der Waals surface area contributed by atoms with Crippen molar-refractivity contribution in [2.24, 2.45) is 0 Å². The van der Waals surface area contributed by atoms with Crippen LogP contribution in [0.5, 0.6) is 0 Å². The minimum absolute atomic E-state index is 0.153. The maximum absolute atomic E-state index is 14.0. The second kappa shape index (κ2) is 6.23. The molecule has 1 aromatic carbocycles. The van der Waals surface area contributed by atoms with Crippen LogP contribution in [0, 0.1) is 12.7 Å². The van der Waals surface area contributed by atoms with Gasteiger partial charge >= 0.3 is 0 Å². The number of benzene rings is 1. The fraction of sp³-hybridized carbons (Fsp3) is 0.357. The number of rotatable bonds is 3. The zero-order valence-electron chi connectivity index (χ0n) is 12.6. The average molecular weight is 339 g/mol. The molecule has 1 fully saturated rings. The molecule has 0 saturated carbocycles. The van der Waals surface area contributed by atoms with Gasteiger partial charge in [0.25, 0.3) is 5.91 Å². The molecule has 0 bridgehead atoms. The molecule has 2 atom stereocenters. The first-order valence-electron chi connectivity index (χ1n) is 7.15. The molecule has 2 aromatic rings. The van der Waals surface area contributed by atoms with E-state index in [1.165, 1.54) is 16.8 Å². The van der Waals surface area contributed by atoms with Crippen molar-refractivity contribution in [1.29, 1.82) is 0 Å². The number of amides is 1. The van der Waals surface area contributed by atoms with E-state index in [2.05, 4.69) is 26.5 Å². The van der Waals surface area contributed by atoms with Crippen LogP contribution in [0.2, 0.25) is 5.02 Å². The number of hydrogen-bond acceptors (Lipinski definition) is 5. The van der Waals surface area contributed by atoms with Gasteiger partial charge in [-0.15, -0.1) is 5.10 Å². The van der Waals surface area contributed by atoms with Crippen molar-refractivity contribution >= 4 is 17.5 Å². The third-order valence-electron chi connectivity index (χ3n) is 3.65. The Kier molecular flexibility index (Phi) is 4.29. The molecule has 7 nitrogen and oxygen atoms in total. The van der Waals surface area contributed by atoms with Gasteiger partial charge in [-0.2, -0.15) is 0 Å². The van der Waals surface area contributed by atoms with Gasteiger partial charge in [-0.3, -0.25) is 10.2 Å². The fourth-order valence-electron chi connectivity index (χ4n) is 2.46. The summed E-state index contributed by atoms with van der Waals surface area (Å²) in [4.78, 5) is 12.3. The lowest BCUT2D eigenvalue weighted by molar-refractivity contribution is 0.0926. The molecule has 0 spiro atoms. The largest absolute Gasteiger partial charge is 0.334 e. The Labute approximate surface area is 137 Å². The minimum atomic E-state index is -0.534. The van der Waals surface area contributed by atoms with Crippen LogP contribution in [-0.2, 0) is 0 Å². The van der Waals surface area contributed by atoms with E-state index in [0.717, 1.165) is 6.42 Å². The molecule has 23 heavy (non-hydrogen) atoms. The van der Waals surface area contributed by atoms with E-state index in [-0.39, 0.29) is 34.5 Å². The molecule has 3 rings (SSSR count). The average Bonchev–Trinajstić information content (AvgIpc) is 3.05. The van der Waals surface area contributed by atoms with Crippen molar-refractivity contribution in [1.82, 2.24) is 31.2 Å². The first-order chi connectivity index (χ1) is 11.0. The number of halogens is 2. The first-order valence-corrected chi connectivity index (χ1v) is 7.53. The van der Waals surface area contributed by atoms with E-state index in [4.69, 9.17) is 11.6 Å². The Morgan fingerprint density at radius 1 is 1.48 bits per heavy atom. The predicted octanol–water partition coefficient (Wildman–Crippen LogP) is 1.31. The molecule has 1 aromatic heterocycles. The number of carbonyl (C=O) groups is 1. The summed E-state index contributed by atoms with van der Waals surface area (Å²) in [5.41, 5.74) is 6.77. The van der Waals surface area contributed by atoms with E-state index in [1.807, 2.05) is 6.92 Å². The van der Waals surface area contributed by atoms with Gasteiger partial charge in [0.2, 0.25) is 0 Å². The Morgan fingerprint density at radius 3 is 2.91 bits per heavy atom. The third kappa shape index (κ3) is 3.19. The molecular formula is C14H16ClFN6O. The van der Waals surface area contributed by atoms with E-state index in [1.54, 1.807) is 13.0 Å². The Balaban J connectivity index is 1.82. The molecule has 0 aliphatic carbocycles. The maximum atomic E-state index is 14.0. The lowest BCUT2D eigenvalue weighted by Gasteiger charge is -2.11. The number of hydrogen-bond donors (Lipinski definition) is 3. The molecule has 1 saturated heterocycles. The minimum Gasteiger partial charge on any atom is -0.334 e. The maximum Gasteiger partial charge on any atom is 0.275 e. The summed E-state index contributed by atoms with van der Waals surface area (Å²) in [5, 5.41) is 10.8. The van der Waals surface area contributed by atoms with Gasteiger partial charge in [-0.25, -0.2) is 14.5 Å². The van der Waals surface area contributed by atoms with Gasteiger partial charge in [-0.05, 0) is 38.5 Å². The summed E-state index contributed by atoms with van der Waals surface area (Å²) in [6.45, 7) is 3.66. The fourth-order valence-corrected chi connectivity index (χ4v) is 2.62. The molecule has 0 radical (unpaired) electrons. The first kappa shape index (κ1) is 15.9. The lowest BCUT2D eigenvalue weighted by Crippen LogP contribution is -2.44. The highest BCUT2D eigenvalue weighted by atomic mass is 35.5. The second-order valence-electron chi connectivity index (χ2n) is 5.48. The monoisotopic (exact) mass is 338 g/mol. The van der Waals surface area contributed by atoms with Crippen LogP contribution in [0.4, 0.5) is 4.39 Å². The normalized spacial score (nSPS) is 20.7. The molecule has 2 heterocycles. The lowest BCUT2D eigenvalue weighted by atomic mass is 10.2. The predicted molar refractivity (Wildman–Crippen MR) is 82.7 cm³/mol. The zero-order valence-corrected chi connectivity index (χ0v) is 13.4. The highest BCUT2D eigenvalue weighted by Gasteiger charge is 2.25. The standard InChI is InChI=1S/C14H16ClFN6O/c1-7-5-12(19-18-7)17-14(23)13-8(2)22(21-20-13)11-4-3-9(15)6-10(11)16/h3-4,6-7,12,18-19H,5H2,1-2H3,(H,17,23). The van der Waals surface area contributed by atoms with E-state index in [9.17, 15) is 9.18 Å². The number of nitrogens with zero attached hydrogens (tertiary/aromatic N) is 3. The molecule has 2 unspecified atom stereocenters. The molecule has 122 valence electrons. The molecule has 1 aliphatic heterocycles. The van der Waals surface area contributed by atoms with Crippen LogP contribution in [0.15, 0.2) is 18.2 Å². The Morgan fingerprint density at radius 2 is 2.26 bits per heavy atom. The second-order valence-corrected chi connectivity index (χ2v) is 5.92. The summed E-state index contributed by atoms with van der Waals surface area (Å²) < 4.78 is 15.3. The topological polar surface area (TPSA) is 83.9 Å². The SMILES string of the molecule is Cc1c(C(=O)NC2CC(C)NN2)nnn1-c1ccc(Cl)cc1F. The zero-order chi connectivity index (χ0) is 16.6. The number of hydrazine groups is 1. The molecule has 1 amide bonds. The van der Waals surface area contributed by atoms with Gasteiger partial charge < -0.3 is 5.32 Å². The van der Waals surface area contributed by atoms with Crippen molar-refractivity contribution in [3.63, 3.8) is 0 Å². The summed E-state index contributed by atoms with van der Waals surface area (Å²) >= 11 is 5.74. The molecular weight excluding hydrogens is 323 g/mol. The van der Waals surface area contributed by atoms with Crippen molar-refractivity contribution < 1.29 is 9.18 Å². The molecule has 1 aliphatic rings. The summed E-state index contributed by atoms with van der Waals surface area (Å²) in [5.74, 6) is -0.899. The van der Waals surface area contributed by atoms with Crippen molar-refractivity contribution in [3.05, 3.63) is 40.4 Å². The molecule has 3 N–H and O–H groups in total. The van der Waals surface area contributed by atoms with Gasteiger partial charge in [0.1, 0.15) is 11.5 Å². The number of aromatic nitrogens is 3. The summed E-state index contributed by atoms with van der Waals surface area (Å²) in [6, 6.07) is 4.50. The molecule has 9 heteroatoms. The van der Waals surface area contributed by atoms with E-state index >= 15 is 0 Å². The van der Waals surface area contributed by atoms with Crippen LogP contribution in [0.3, 0.4) is 0 Å². The van der Waals surface area contributed by atoms with Gasteiger partial charge in [0.15, 0.2) is 5.69 Å². The Bertz CT molecular complexity index is 749. The van der Waals surface area contributed by atoms with Crippen LogP contribution >= 0.6 is 11.6 Å². The van der Waals surface area contributed by atoms with Crippen LogP contribution in [0.25, 0.3) is 5.69 Å². The third-order valence-corrected chi connectivity index (χ3v) is 3.88. The van der Waals surface area contributed by atoms with Crippen molar-refractivity contribution in [2.45, 2.75) is 32.5 Å². The number of nitrogens with one attached hydrogen (secondary N) is 3. The van der Waals surface area contributed by atoms with Crippen LogP contribution in [-0.4, -0.2) is 33.1 Å². The van der Waals surface area contributed by atoms with Gasteiger partial charge in [0, 0.05) is 11.1 Å². The summed E-state index contributed by atoms with van der Waals surface area (Å²) in [6.07, 6.45) is 0.569.